The first-order valence-corrected chi connectivity index (χ1v) is 5.84. The van der Waals surface area contributed by atoms with E-state index >= 15 is 0 Å². The summed E-state index contributed by atoms with van der Waals surface area (Å²) in [5, 5.41) is 2.82. The molecule has 0 aromatic heterocycles. The molecule has 1 aromatic rings. The first-order valence-electron chi connectivity index (χ1n) is 5.84. The molecule has 4 nitrogen and oxygen atoms in total. The highest BCUT2D eigenvalue weighted by molar-refractivity contribution is 5.92. The van der Waals surface area contributed by atoms with Gasteiger partial charge in [-0.2, -0.15) is 0 Å². The molecule has 0 aliphatic carbocycles. The molecule has 1 amide bonds. The standard InChI is InChI=1S/C13H20N2O2.ClH/c1-4-17-12-7-5-11(6-8-12)15-13(16)9(2)10(3)14;/h5-10H,4,14H2,1-3H3,(H,15,16);1H. The molecular formula is C13H21ClN2O2. The molecule has 2 unspecified atom stereocenters. The maximum Gasteiger partial charge on any atom is 0.228 e. The van der Waals surface area contributed by atoms with Gasteiger partial charge in [-0.3, -0.25) is 4.79 Å². The summed E-state index contributed by atoms with van der Waals surface area (Å²) in [6, 6.07) is 7.14. The number of carbonyl (C=O) groups is 1. The minimum absolute atomic E-state index is 0. The third-order valence-electron chi connectivity index (χ3n) is 2.64. The first kappa shape index (κ1) is 16.7. The van der Waals surface area contributed by atoms with Crippen LogP contribution in [0.5, 0.6) is 5.75 Å². The van der Waals surface area contributed by atoms with Crippen molar-refractivity contribution in [1.29, 1.82) is 0 Å². The van der Waals surface area contributed by atoms with Crippen LogP contribution in [0.3, 0.4) is 0 Å². The lowest BCUT2D eigenvalue weighted by atomic mass is 10.0. The van der Waals surface area contributed by atoms with E-state index in [0.717, 1.165) is 11.4 Å². The van der Waals surface area contributed by atoms with Gasteiger partial charge in [-0.05, 0) is 38.1 Å². The molecule has 0 radical (unpaired) electrons. The normalized spacial score (nSPS) is 13.1. The van der Waals surface area contributed by atoms with Crippen LogP contribution in [0, 0.1) is 5.92 Å². The Morgan fingerprint density at radius 2 is 1.89 bits per heavy atom. The molecule has 0 bridgehead atoms. The number of rotatable bonds is 5. The van der Waals surface area contributed by atoms with E-state index in [-0.39, 0.29) is 30.3 Å². The molecule has 0 aliphatic rings. The van der Waals surface area contributed by atoms with Crippen molar-refractivity contribution in [3.8, 4) is 5.75 Å². The second kappa shape index (κ2) is 7.95. The Morgan fingerprint density at radius 1 is 1.33 bits per heavy atom. The van der Waals surface area contributed by atoms with Crippen LogP contribution < -0.4 is 15.8 Å². The van der Waals surface area contributed by atoms with Crippen LogP contribution in [0.2, 0.25) is 0 Å². The van der Waals surface area contributed by atoms with Crippen LogP contribution >= 0.6 is 12.4 Å². The van der Waals surface area contributed by atoms with Gasteiger partial charge in [0.25, 0.3) is 0 Å². The van der Waals surface area contributed by atoms with Crippen molar-refractivity contribution in [2.45, 2.75) is 26.8 Å². The van der Waals surface area contributed by atoms with Gasteiger partial charge in [0.1, 0.15) is 5.75 Å². The van der Waals surface area contributed by atoms with E-state index in [0.29, 0.717) is 6.61 Å². The zero-order valence-corrected chi connectivity index (χ0v) is 11.8. The molecule has 18 heavy (non-hydrogen) atoms. The van der Waals surface area contributed by atoms with Gasteiger partial charge in [0.15, 0.2) is 0 Å². The molecule has 0 fully saturated rings. The fourth-order valence-electron chi connectivity index (χ4n) is 1.30. The molecule has 0 saturated heterocycles. The van der Waals surface area contributed by atoms with Crippen LogP contribution in [0.15, 0.2) is 24.3 Å². The van der Waals surface area contributed by atoms with Gasteiger partial charge < -0.3 is 15.8 Å². The van der Waals surface area contributed by atoms with E-state index < -0.39 is 0 Å². The average Bonchev–Trinajstić information content (AvgIpc) is 2.30. The highest BCUT2D eigenvalue weighted by Crippen LogP contribution is 2.16. The summed E-state index contributed by atoms with van der Waals surface area (Å²) in [6.07, 6.45) is 0. The molecule has 102 valence electrons. The summed E-state index contributed by atoms with van der Waals surface area (Å²) in [5.41, 5.74) is 6.43. The van der Waals surface area contributed by atoms with Crippen molar-refractivity contribution in [1.82, 2.24) is 0 Å². The third kappa shape index (κ3) is 4.94. The van der Waals surface area contributed by atoms with Crippen LogP contribution in [-0.2, 0) is 4.79 Å². The second-order valence-corrected chi connectivity index (χ2v) is 4.09. The monoisotopic (exact) mass is 272 g/mol. The van der Waals surface area contributed by atoms with Crippen LogP contribution in [0.4, 0.5) is 5.69 Å². The van der Waals surface area contributed by atoms with Crippen LogP contribution in [0.1, 0.15) is 20.8 Å². The van der Waals surface area contributed by atoms with Gasteiger partial charge in [-0.25, -0.2) is 0 Å². The molecule has 5 heteroatoms. The molecule has 3 N–H and O–H groups in total. The number of nitrogens with two attached hydrogens (primary N) is 1. The number of ether oxygens (including phenoxy) is 1. The van der Waals surface area contributed by atoms with Crippen molar-refractivity contribution < 1.29 is 9.53 Å². The lowest BCUT2D eigenvalue weighted by Gasteiger charge is -2.15. The Labute approximate surface area is 114 Å². The fraction of sp³-hybridized carbons (Fsp3) is 0.462. The number of benzene rings is 1. The molecule has 0 spiro atoms. The maximum atomic E-state index is 11.7. The van der Waals surface area contributed by atoms with Crippen LogP contribution in [0.25, 0.3) is 0 Å². The van der Waals surface area contributed by atoms with Crippen molar-refractivity contribution in [3.05, 3.63) is 24.3 Å². The highest BCUT2D eigenvalue weighted by Gasteiger charge is 2.16. The van der Waals surface area contributed by atoms with Crippen molar-refractivity contribution in [2.75, 3.05) is 11.9 Å². The minimum atomic E-state index is -0.207. The number of halogens is 1. The molecular weight excluding hydrogens is 252 g/mol. The molecule has 1 rings (SSSR count). The zero-order valence-electron chi connectivity index (χ0n) is 11.0. The van der Waals surface area contributed by atoms with E-state index in [4.69, 9.17) is 10.5 Å². The summed E-state index contributed by atoms with van der Waals surface area (Å²) in [5.74, 6) is 0.525. The molecule has 2 atom stereocenters. The number of amides is 1. The van der Waals surface area contributed by atoms with E-state index in [1.807, 2.05) is 45.0 Å². The highest BCUT2D eigenvalue weighted by atomic mass is 35.5. The Balaban J connectivity index is 0.00000289. The number of hydrogen-bond acceptors (Lipinski definition) is 3. The van der Waals surface area contributed by atoms with Crippen molar-refractivity contribution >= 4 is 24.0 Å². The second-order valence-electron chi connectivity index (χ2n) is 4.09. The Hall–Kier alpha value is -1.26. The number of carbonyl (C=O) groups excluding carboxylic acids is 1. The maximum absolute atomic E-state index is 11.7. The third-order valence-corrected chi connectivity index (χ3v) is 2.64. The van der Waals surface area contributed by atoms with Gasteiger partial charge in [0.2, 0.25) is 5.91 Å². The summed E-state index contributed by atoms with van der Waals surface area (Å²) in [6.45, 7) is 6.20. The summed E-state index contributed by atoms with van der Waals surface area (Å²) < 4.78 is 5.32. The van der Waals surface area contributed by atoms with E-state index in [1.54, 1.807) is 0 Å². The average molecular weight is 273 g/mol. The Bertz CT molecular complexity index is 366. The van der Waals surface area contributed by atoms with Crippen LogP contribution in [-0.4, -0.2) is 18.6 Å². The summed E-state index contributed by atoms with van der Waals surface area (Å²) in [4.78, 5) is 11.7. The Morgan fingerprint density at radius 3 is 2.33 bits per heavy atom. The predicted octanol–water partition coefficient (Wildman–Crippen LogP) is 2.43. The largest absolute Gasteiger partial charge is 0.494 e. The summed E-state index contributed by atoms with van der Waals surface area (Å²) >= 11 is 0. The minimum Gasteiger partial charge on any atom is -0.494 e. The fourth-order valence-corrected chi connectivity index (χ4v) is 1.30. The van der Waals surface area contributed by atoms with Gasteiger partial charge >= 0.3 is 0 Å². The quantitative estimate of drug-likeness (QED) is 0.865. The van der Waals surface area contributed by atoms with Gasteiger partial charge in [-0.1, -0.05) is 6.92 Å². The van der Waals surface area contributed by atoms with E-state index in [1.165, 1.54) is 0 Å². The number of hydrogen-bond donors (Lipinski definition) is 2. The molecule has 0 aliphatic heterocycles. The van der Waals surface area contributed by atoms with E-state index in [2.05, 4.69) is 5.32 Å². The number of anilines is 1. The van der Waals surface area contributed by atoms with Gasteiger partial charge in [-0.15, -0.1) is 12.4 Å². The topological polar surface area (TPSA) is 64.3 Å². The zero-order chi connectivity index (χ0) is 12.8. The molecule has 1 aromatic carbocycles. The van der Waals surface area contributed by atoms with E-state index in [9.17, 15) is 4.79 Å². The van der Waals surface area contributed by atoms with Gasteiger partial charge in [0, 0.05) is 11.7 Å². The smallest absolute Gasteiger partial charge is 0.228 e. The molecule has 0 heterocycles. The van der Waals surface area contributed by atoms with Crippen molar-refractivity contribution in [2.24, 2.45) is 11.7 Å². The Kier molecular flexibility index (Phi) is 7.39. The number of nitrogens with one attached hydrogen (secondary N) is 1. The lowest BCUT2D eigenvalue weighted by molar-refractivity contribution is -0.119. The summed E-state index contributed by atoms with van der Waals surface area (Å²) in [7, 11) is 0. The predicted molar refractivity (Wildman–Crippen MR) is 76.3 cm³/mol. The van der Waals surface area contributed by atoms with Crippen molar-refractivity contribution in [3.63, 3.8) is 0 Å². The molecule has 0 saturated carbocycles. The lowest BCUT2D eigenvalue weighted by Crippen LogP contribution is -2.34. The SMILES string of the molecule is CCOc1ccc(NC(=O)C(C)C(C)N)cc1.Cl. The first-order chi connectivity index (χ1) is 8.04. The van der Waals surface area contributed by atoms with Gasteiger partial charge in [0.05, 0.1) is 12.5 Å².